The second-order valence-electron chi connectivity index (χ2n) is 11.5. The van der Waals surface area contributed by atoms with Crippen LogP contribution in [-0.4, -0.2) is 28.4 Å². The molecule has 0 aliphatic heterocycles. The molecule has 2 aliphatic rings. The van der Waals surface area contributed by atoms with E-state index in [-0.39, 0.29) is 28.9 Å². The minimum absolute atomic E-state index is 0.174. The third-order valence-electron chi connectivity index (χ3n) is 8.31. The maximum atomic E-state index is 14.4. The monoisotopic (exact) mass is 770 g/mol. The Morgan fingerprint density at radius 2 is 1.02 bits per heavy atom. The molecule has 8 nitrogen and oxygen atoms in total. The zero-order chi connectivity index (χ0) is 40.6. The molecule has 6 rings (SSSR count). The van der Waals surface area contributed by atoms with E-state index in [1.165, 1.54) is 24.3 Å². The third-order valence-corrected chi connectivity index (χ3v) is 8.31. The summed E-state index contributed by atoms with van der Waals surface area (Å²) in [5.41, 5.74) is -17.5. The number of nitrogens with zero attached hydrogens (tertiary/aromatic N) is 8. The van der Waals surface area contributed by atoms with Gasteiger partial charge in [0.2, 0.25) is 0 Å². The van der Waals surface area contributed by atoms with Crippen molar-refractivity contribution in [2.75, 3.05) is 7.05 Å². The average Bonchev–Trinajstić information content (AvgIpc) is 3.57. The molecule has 0 radical (unpaired) electrons. The zero-order valence-electron chi connectivity index (χ0n) is 26.7. The number of allylic oxidation sites excluding steroid dienone is 3. The van der Waals surface area contributed by atoms with Gasteiger partial charge in [-0.25, -0.2) is 15.0 Å². The van der Waals surface area contributed by atoms with Crippen LogP contribution in [0.15, 0.2) is 63.6 Å². The molecule has 0 saturated carbocycles. The van der Waals surface area contributed by atoms with Crippen molar-refractivity contribution < 1.29 is 52.7 Å². The van der Waals surface area contributed by atoms with E-state index in [1.807, 2.05) is 0 Å². The quantitative estimate of drug-likeness (QED) is 0.123. The predicted molar refractivity (Wildman–Crippen MR) is 166 cm³/mol. The first-order valence-corrected chi connectivity index (χ1v) is 14.7. The number of halogens is 12. The first-order valence-electron chi connectivity index (χ1n) is 14.7. The maximum absolute atomic E-state index is 14.4. The summed E-state index contributed by atoms with van der Waals surface area (Å²) in [6.07, 6.45) is -21.5. The van der Waals surface area contributed by atoms with Crippen LogP contribution in [0.3, 0.4) is 0 Å². The third kappa shape index (κ3) is 6.17. The van der Waals surface area contributed by atoms with Crippen molar-refractivity contribution in [3.05, 3.63) is 98.2 Å². The van der Waals surface area contributed by atoms with Crippen molar-refractivity contribution in [2.45, 2.75) is 24.7 Å². The standard InChI is InChI=1S/C35H10F12N8/c1-52-28-26-18(4-15(32(36,37)38)6-20(26)34(42,43)44)24(13(9-48)10-49)29(28)53-17-2-3-22-23(8-17)55-31-27-19(25(30(31)54-22)14(11-50)12-51)5-16(33(39,40)41)7-21(27)35(45,46)47/h2-8H,1H3. The van der Waals surface area contributed by atoms with Gasteiger partial charge in [-0.3, -0.25) is 4.99 Å². The molecule has 0 unspecified atom stereocenters. The summed E-state index contributed by atoms with van der Waals surface area (Å²) in [7, 11) is 0.963. The first-order chi connectivity index (χ1) is 25.6. The van der Waals surface area contributed by atoms with E-state index in [0.717, 1.165) is 25.2 Å². The zero-order valence-corrected chi connectivity index (χ0v) is 26.7. The van der Waals surface area contributed by atoms with Crippen molar-refractivity contribution in [2.24, 2.45) is 9.98 Å². The Morgan fingerprint density at radius 3 is 1.49 bits per heavy atom. The molecule has 55 heavy (non-hydrogen) atoms. The van der Waals surface area contributed by atoms with Gasteiger partial charge in [0.1, 0.15) is 35.4 Å². The second kappa shape index (κ2) is 12.5. The predicted octanol–water partition coefficient (Wildman–Crippen LogP) is 9.54. The highest BCUT2D eigenvalue weighted by molar-refractivity contribution is 6.67. The Morgan fingerprint density at radius 1 is 0.545 bits per heavy atom. The van der Waals surface area contributed by atoms with E-state index in [9.17, 15) is 73.7 Å². The van der Waals surface area contributed by atoms with Crippen LogP contribution in [0.1, 0.15) is 44.6 Å². The number of aromatic nitrogens is 2. The molecule has 3 aromatic carbocycles. The van der Waals surface area contributed by atoms with Crippen LogP contribution in [0, 0.1) is 45.3 Å². The van der Waals surface area contributed by atoms with Crippen molar-refractivity contribution in [3.8, 4) is 35.5 Å². The molecular formula is C35H10F12N8. The number of hydrogen-bond donors (Lipinski definition) is 0. The number of rotatable bonds is 1. The van der Waals surface area contributed by atoms with Gasteiger partial charge in [0.05, 0.1) is 61.8 Å². The van der Waals surface area contributed by atoms with Crippen LogP contribution in [0.5, 0.6) is 0 Å². The summed E-state index contributed by atoms with van der Waals surface area (Å²) >= 11 is 0. The van der Waals surface area contributed by atoms with Gasteiger partial charge in [-0.1, -0.05) is 0 Å². The second-order valence-corrected chi connectivity index (χ2v) is 11.5. The number of hydrogen-bond acceptors (Lipinski definition) is 8. The fourth-order valence-electron chi connectivity index (χ4n) is 6.15. The smallest absolute Gasteiger partial charge is 0.286 e. The highest BCUT2D eigenvalue weighted by atomic mass is 19.4. The van der Waals surface area contributed by atoms with Crippen molar-refractivity contribution >= 4 is 39.3 Å². The van der Waals surface area contributed by atoms with Gasteiger partial charge in [-0.05, 0) is 53.6 Å². The Kier molecular flexibility index (Phi) is 8.58. The first kappa shape index (κ1) is 37.7. The van der Waals surface area contributed by atoms with Crippen LogP contribution >= 0.6 is 0 Å². The van der Waals surface area contributed by atoms with Crippen LogP contribution in [0.2, 0.25) is 0 Å². The summed E-state index contributed by atoms with van der Waals surface area (Å²) in [6, 6.07) is 9.11. The summed E-state index contributed by atoms with van der Waals surface area (Å²) in [5.74, 6) is 0. The van der Waals surface area contributed by atoms with Gasteiger partial charge >= 0.3 is 24.7 Å². The van der Waals surface area contributed by atoms with Gasteiger partial charge in [-0.15, -0.1) is 0 Å². The Hall–Kier alpha value is -7.06. The number of benzene rings is 3. The number of alkyl halides is 12. The summed E-state index contributed by atoms with van der Waals surface area (Å²) in [4.78, 5) is 16.3. The maximum Gasteiger partial charge on any atom is 0.417 e. The molecule has 4 aromatic rings. The van der Waals surface area contributed by atoms with Gasteiger partial charge in [-0.2, -0.15) is 73.7 Å². The molecule has 0 bridgehead atoms. The van der Waals surface area contributed by atoms with E-state index in [2.05, 4.69) is 20.0 Å². The highest BCUT2D eigenvalue weighted by Gasteiger charge is 2.47. The molecule has 274 valence electrons. The van der Waals surface area contributed by atoms with Gasteiger partial charge in [0.25, 0.3) is 0 Å². The molecule has 1 aromatic heterocycles. The van der Waals surface area contributed by atoms with Crippen molar-refractivity contribution in [3.63, 3.8) is 0 Å². The molecule has 0 fully saturated rings. The summed E-state index contributed by atoms with van der Waals surface area (Å²) in [6.45, 7) is 0. The van der Waals surface area contributed by atoms with Gasteiger partial charge < -0.3 is 0 Å². The summed E-state index contributed by atoms with van der Waals surface area (Å²) < 4.78 is 169. The Labute approximate surface area is 298 Å². The number of fused-ring (bicyclic) bond motifs is 5. The fourth-order valence-corrected chi connectivity index (χ4v) is 6.15. The largest absolute Gasteiger partial charge is 0.417 e. The molecule has 1 heterocycles. The minimum atomic E-state index is -5.45. The number of nitriles is 4. The van der Waals surface area contributed by atoms with Crippen LogP contribution < -0.4 is 0 Å². The molecule has 20 heteroatoms. The van der Waals surface area contributed by atoms with Crippen molar-refractivity contribution in [1.82, 2.24) is 9.97 Å². The number of aliphatic imine (C=N–C) groups is 2. The topological polar surface area (TPSA) is 146 Å². The van der Waals surface area contributed by atoms with Crippen LogP contribution in [0.25, 0.3) is 33.4 Å². The molecule has 0 amide bonds. The molecule has 0 atom stereocenters. The Balaban J connectivity index is 1.66. The van der Waals surface area contributed by atoms with E-state index in [4.69, 9.17) is 0 Å². The molecule has 0 saturated heterocycles. The fraction of sp³-hybridized carbons (Fsp3) is 0.143. The molecule has 2 aliphatic carbocycles. The van der Waals surface area contributed by atoms with Crippen molar-refractivity contribution in [1.29, 1.82) is 21.0 Å². The lowest BCUT2D eigenvalue weighted by Crippen LogP contribution is -2.17. The molecular weight excluding hydrogens is 760 g/mol. The van der Waals surface area contributed by atoms with Gasteiger partial charge in [0.15, 0.2) is 0 Å². The normalized spacial score (nSPS) is 15.3. The van der Waals surface area contributed by atoms with E-state index in [0.29, 0.717) is 12.1 Å². The lowest BCUT2D eigenvalue weighted by Gasteiger charge is -2.16. The average molecular weight is 770 g/mol. The molecule has 0 spiro atoms. The SMILES string of the molecule is CN=C1C(=Nc2ccc3nc4c(nc3c2)-c2c(cc(C(F)(F)F)cc2C(F)(F)F)C4=C(C#N)C#N)C(=C(C#N)C#N)c2cc(C(F)(F)F)cc(C(F)(F)F)c21. The summed E-state index contributed by atoms with van der Waals surface area (Å²) in [5, 5.41) is 38.6. The van der Waals surface area contributed by atoms with Crippen LogP contribution in [-0.2, 0) is 24.7 Å². The van der Waals surface area contributed by atoms with E-state index in [1.54, 1.807) is 0 Å². The van der Waals surface area contributed by atoms with Crippen LogP contribution in [0.4, 0.5) is 58.4 Å². The minimum Gasteiger partial charge on any atom is -0.286 e. The molecule has 0 N–H and O–H groups in total. The van der Waals surface area contributed by atoms with Gasteiger partial charge in [0, 0.05) is 29.3 Å². The van der Waals surface area contributed by atoms with E-state index >= 15 is 0 Å². The highest BCUT2D eigenvalue weighted by Crippen LogP contribution is 2.52. The van der Waals surface area contributed by atoms with E-state index < -0.39 is 114 Å². The lowest BCUT2D eigenvalue weighted by atomic mass is 9.95. The Bertz CT molecular complexity index is 2670. The lowest BCUT2D eigenvalue weighted by molar-refractivity contribution is -0.144.